The number of pyridine rings is 1. The first kappa shape index (κ1) is 17.0. The van der Waals surface area contributed by atoms with Crippen molar-refractivity contribution >= 4 is 17.6 Å². The number of nitrogens with zero attached hydrogens (tertiary/aromatic N) is 2. The van der Waals surface area contributed by atoms with Crippen molar-refractivity contribution in [1.82, 2.24) is 4.98 Å². The lowest BCUT2D eigenvalue weighted by atomic mass is 10.1. The summed E-state index contributed by atoms with van der Waals surface area (Å²) in [5, 5.41) is 0. The molecule has 0 N–H and O–H groups in total. The molecule has 1 amide bonds. The number of hydrogen-bond donors (Lipinski definition) is 0. The van der Waals surface area contributed by atoms with E-state index in [0.29, 0.717) is 24.6 Å². The molecule has 0 saturated heterocycles. The van der Waals surface area contributed by atoms with E-state index >= 15 is 0 Å². The van der Waals surface area contributed by atoms with Gasteiger partial charge in [0.15, 0.2) is 6.61 Å². The Hall–Kier alpha value is -2.89. The fraction of sp³-hybridized carbons (Fsp3) is 0.316. The predicted octanol–water partition coefficient (Wildman–Crippen LogP) is 2.37. The number of carbonyl (C=O) groups excluding carboxylic acids is 2. The standard InChI is InChI=1S/C19H20N2O4/c22-18-14-25-17-6-2-1-5-16(17)21(18)12-9-19(23)24-13-3-4-15-7-10-20-11-8-15/h1-2,5-8,10-11H,3-4,9,12-14H2. The van der Waals surface area contributed by atoms with Gasteiger partial charge in [0.1, 0.15) is 5.75 Å². The summed E-state index contributed by atoms with van der Waals surface area (Å²) >= 11 is 0. The molecule has 0 atom stereocenters. The van der Waals surface area contributed by atoms with Gasteiger partial charge in [-0.05, 0) is 42.7 Å². The van der Waals surface area contributed by atoms with Crippen molar-refractivity contribution in [1.29, 1.82) is 0 Å². The van der Waals surface area contributed by atoms with E-state index in [0.717, 1.165) is 12.8 Å². The number of anilines is 1. The van der Waals surface area contributed by atoms with Crippen molar-refractivity contribution in [3.05, 3.63) is 54.4 Å². The summed E-state index contributed by atoms with van der Waals surface area (Å²) in [5.41, 5.74) is 1.87. The molecule has 1 aromatic carbocycles. The quantitative estimate of drug-likeness (QED) is 0.572. The first-order valence-electron chi connectivity index (χ1n) is 8.31. The molecule has 130 valence electrons. The maximum absolute atomic E-state index is 12.0. The molecule has 6 nitrogen and oxygen atoms in total. The Morgan fingerprint density at radius 3 is 2.84 bits per heavy atom. The number of benzene rings is 1. The minimum absolute atomic E-state index is 0.00199. The number of esters is 1. The van der Waals surface area contributed by atoms with Gasteiger partial charge in [0, 0.05) is 18.9 Å². The number of aromatic nitrogens is 1. The van der Waals surface area contributed by atoms with Crippen molar-refractivity contribution in [2.24, 2.45) is 0 Å². The van der Waals surface area contributed by atoms with Crippen LogP contribution in [0.3, 0.4) is 0 Å². The Kier molecular flexibility index (Phi) is 5.61. The summed E-state index contributed by atoms with van der Waals surface area (Å²) in [5.74, 6) is 0.212. The van der Waals surface area contributed by atoms with Crippen molar-refractivity contribution in [2.75, 3.05) is 24.7 Å². The van der Waals surface area contributed by atoms with Crippen LogP contribution in [0, 0.1) is 0 Å². The van der Waals surface area contributed by atoms with E-state index in [-0.39, 0.29) is 24.9 Å². The summed E-state index contributed by atoms with van der Waals surface area (Å²) in [6.07, 6.45) is 5.26. The lowest BCUT2D eigenvalue weighted by Crippen LogP contribution is -2.40. The van der Waals surface area contributed by atoms with Gasteiger partial charge in [0.2, 0.25) is 0 Å². The van der Waals surface area contributed by atoms with Crippen LogP contribution >= 0.6 is 0 Å². The molecule has 0 radical (unpaired) electrons. The first-order chi connectivity index (χ1) is 12.2. The van der Waals surface area contributed by atoms with E-state index in [1.165, 1.54) is 5.56 Å². The van der Waals surface area contributed by atoms with Crippen LogP contribution in [0.2, 0.25) is 0 Å². The fourth-order valence-corrected chi connectivity index (χ4v) is 2.69. The highest BCUT2D eigenvalue weighted by Crippen LogP contribution is 2.31. The minimum atomic E-state index is -0.300. The number of amides is 1. The third-order valence-electron chi connectivity index (χ3n) is 3.97. The fourth-order valence-electron chi connectivity index (χ4n) is 2.69. The SMILES string of the molecule is O=C(CCN1C(=O)COc2ccccc21)OCCCc1ccncc1. The average Bonchev–Trinajstić information content (AvgIpc) is 2.65. The zero-order valence-corrected chi connectivity index (χ0v) is 13.9. The molecule has 2 aromatic rings. The van der Waals surface area contributed by atoms with Crippen molar-refractivity contribution in [2.45, 2.75) is 19.3 Å². The van der Waals surface area contributed by atoms with Crippen LogP contribution in [0.15, 0.2) is 48.8 Å². The zero-order valence-electron chi connectivity index (χ0n) is 13.9. The zero-order chi connectivity index (χ0) is 17.5. The van der Waals surface area contributed by atoms with Gasteiger partial charge in [0.05, 0.1) is 18.7 Å². The minimum Gasteiger partial charge on any atom is -0.482 e. The summed E-state index contributed by atoms with van der Waals surface area (Å²) in [4.78, 5) is 29.5. The van der Waals surface area contributed by atoms with Crippen molar-refractivity contribution < 1.29 is 19.1 Å². The molecule has 2 heterocycles. The Balaban J connectivity index is 1.42. The van der Waals surface area contributed by atoms with E-state index in [2.05, 4.69) is 4.98 Å². The molecule has 0 unspecified atom stereocenters. The molecular weight excluding hydrogens is 320 g/mol. The van der Waals surface area contributed by atoms with Gasteiger partial charge in [-0.1, -0.05) is 12.1 Å². The number of ether oxygens (including phenoxy) is 2. The van der Waals surface area contributed by atoms with E-state index in [9.17, 15) is 9.59 Å². The maximum Gasteiger partial charge on any atom is 0.307 e. The molecule has 0 aliphatic carbocycles. The number of fused-ring (bicyclic) bond motifs is 1. The van der Waals surface area contributed by atoms with Gasteiger partial charge in [-0.25, -0.2) is 0 Å². The highest BCUT2D eigenvalue weighted by atomic mass is 16.5. The third-order valence-corrected chi connectivity index (χ3v) is 3.97. The van der Waals surface area contributed by atoms with Gasteiger partial charge in [0.25, 0.3) is 5.91 Å². The molecule has 0 bridgehead atoms. The summed E-state index contributed by atoms with van der Waals surface area (Å²) in [6.45, 7) is 0.662. The molecule has 0 fully saturated rings. The third kappa shape index (κ3) is 4.56. The molecule has 0 saturated carbocycles. The molecule has 1 aliphatic heterocycles. The monoisotopic (exact) mass is 340 g/mol. The van der Waals surface area contributed by atoms with Crippen molar-refractivity contribution in [3.8, 4) is 5.75 Å². The lowest BCUT2D eigenvalue weighted by molar-refractivity contribution is -0.143. The van der Waals surface area contributed by atoms with Gasteiger partial charge in [-0.2, -0.15) is 0 Å². The van der Waals surface area contributed by atoms with Gasteiger partial charge in [-0.3, -0.25) is 14.6 Å². The van der Waals surface area contributed by atoms with Crippen LogP contribution in [0.25, 0.3) is 0 Å². The normalized spacial score (nSPS) is 13.1. The highest BCUT2D eigenvalue weighted by Gasteiger charge is 2.25. The molecule has 1 aliphatic rings. The Morgan fingerprint density at radius 2 is 2.00 bits per heavy atom. The summed E-state index contributed by atoms with van der Waals surface area (Å²) < 4.78 is 10.6. The Labute approximate surface area is 146 Å². The highest BCUT2D eigenvalue weighted by molar-refractivity contribution is 5.98. The van der Waals surface area contributed by atoms with Crippen LogP contribution in [0.1, 0.15) is 18.4 Å². The molecule has 1 aromatic heterocycles. The summed E-state index contributed by atoms with van der Waals surface area (Å²) in [6, 6.07) is 11.2. The lowest BCUT2D eigenvalue weighted by Gasteiger charge is -2.28. The molecular formula is C19H20N2O4. The summed E-state index contributed by atoms with van der Waals surface area (Å²) in [7, 11) is 0. The van der Waals surface area contributed by atoms with E-state index in [4.69, 9.17) is 9.47 Å². The Morgan fingerprint density at radius 1 is 1.20 bits per heavy atom. The van der Waals surface area contributed by atoms with Crippen LogP contribution in [0.5, 0.6) is 5.75 Å². The number of rotatable bonds is 7. The predicted molar refractivity (Wildman–Crippen MR) is 92.4 cm³/mol. The second kappa shape index (κ2) is 8.28. The molecule has 6 heteroatoms. The van der Waals surface area contributed by atoms with Gasteiger partial charge < -0.3 is 14.4 Å². The first-order valence-corrected chi connectivity index (χ1v) is 8.31. The number of hydrogen-bond acceptors (Lipinski definition) is 5. The van der Waals surface area contributed by atoms with Crippen molar-refractivity contribution in [3.63, 3.8) is 0 Å². The average molecular weight is 340 g/mol. The topological polar surface area (TPSA) is 68.7 Å². The molecule has 25 heavy (non-hydrogen) atoms. The van der Waals surface area contributed by atoms with Gasteiger partial charge >= 0.3 is 5.97 Å². The second-order valence-corrected chi connectivity index (χ2v) is 5.73. The molecule has 0 spiro atoms. The number of para-hydroxylation sites is 2. The number of aryl methyl sites for hydroxylation is 1. The smallest absolute Gasteiger partial charge is 0.307 e. The largest absolute Gasteiger partial charge is 0.482 e. The van der Waals surface area contributed by atoms with E-state index < -0.39 is 0 Å². The number of carbonyl (C=O) groups is 2. The second-order valence-electron chi connectivity index (χ2n) is 5.73. The maximum atomic E-state index is 12.0. The van der Waals surface area contributed by atoms with E-state index in [1.54, 1.807) is 17.3 Å². The van der Waals surface area contributed by atoms with Gasteiger partial charge in [-0.15, -0.1) is 0 Å². The van der Waals surface area contributed by atoms with E-state index in [1.807, 2.05) is 36.4 Å². The van der Waals surface area contributed by atoms with Crippen LogP contribution in [0.4, 0.5) is 5.69 Å². The van der Waals surface area contributed by atoms with Crippen LogP contribution in [-0.2, 0) is 20.7 Å². The molecule has 3 rings (SSSR count). The van der Waals surface area contributed by atoms with Crippen LogP contribution in [-0.4, -0.2) is 36.6 Å². The Bertz CT molecular complexity index is 733. The van der Waals surface area contributed by atoms with Crippen LogP contribution < -0.4 is 9.64 Å².